The number of ether oxygens (including phenoxy) is 2. The first-order chi connectivity index (χ1) is 12.9. The Hall–Kier alpha value is -2.83. The van der Waals surface area contributed by atoms with Crippen LogP contribution in [0.4, 0.5) is 4.39 Å². The van der Waals surface area contributed by atoms with Crippen LogP contribution in [-0.2, 0) is 13.7 Å². The van der Waals surface area contributed by atoms with E-state index in [0.717, 1.165) is 0 Å². The third-order valence-corrected chi connectivity index (χ3v) is 4.39. The molecular formula is C17H11BrClFN4O3. The summed E-state index contributed by atoms with van der Waals surface area (Å²) in [4.78, 5) is 11.4. The molecule has 1 N–H and O–H groups in total. The van der Waals surface area contributed by atoms with E-state index in [1.165, 1.54) is 41.9 Å². The van der Waals surface area contributed by atoms with E-state index in [1.54, 1.807) is 0 Å². The van der Waals surface area contributed by atoms with Crippen molar-refractivity contribution in [2.45, 2.75) is 6.61 Å². The van der Waals surface area contributed by atoms with Gasteiger partial charge in [0.25, 0.3) is 0 Å². The molecule has 1 heterocycles. The first-order valence-electron chi connectivity index (χ1n) is 7.48. The number of nitrogens with one attached hydrogen (secondary N) is 1. The van der Waals surface area contributed by atoms with Crippen LogP contribution >= 0.6 is 27.5 Å². The number of hydrogen-bond donors (Lipinski definition) is 1. The smallest absolute Gasteiger partial charge is 0.343 e. The maximum atomic E-state index is 14.6. The lowest BCUT2D eigenvalue weighted by molar-refractivity contribution is 0.274. The van der Waals surface area contributed by atoms with Crippen LogP contribution in [0.3, 0.4) is 0 Å². The van der Waals surface area contributed by atoms with E-state index >= 15 is 0 Å². The predicted octanol–water partition coefficient (Wildman–Crippen LogP) is 3.91. The van der Waals surface area contributed by atoms with Crippen molar-refractivity contribution >= 4 is 27.5 Å². The fourth-order valence-electron chi connectivity index (χ4n) is 2.18. The van der Waals surface area contributed by atoms with Gasteiger partial charge in [-0.3, -0.25) is 4.57 Å². The Kier molecular flexibility index (Phi) is 5.48. The van der Waals surface area contributed by atoms with Gasteiger partial charge < -0.3 is 9.47 Å². The summed E-state index contributed by atoms with van der Waals surface area (Å²) < 4.78 is 27.2. The van der Waals surface area contributed by atoms with Gasteiger partial charge in [0.15, 0.2) is 17.4 Å². The molecule has 10 heteroatoms. The van der Waals surface area contributed by atoms with Gasteiger partial charge in [0.05, 0.1) is 16.1 Å². The predicted molar refractivity (Wildman–Crippen MR) is 98.5 cm³/mol. The molecule has 1 aromatic heterocycles. The van der Waals surface area contributed by atoms with Gasteiger partial charge in [-0.1, -0.05) is 11.6 Å². The molecule has 0 amide bonds. The summed E-state index contributed by atoms with van der Waals surface area (Å²) in [6.45, 7) is -0.0916. The highest BCUT2D eigenvalue weighted by atomic mass is 79.9. The van der Waals surface area contributed by atoms with Gasteiger partial charge >= 0.3 is 5.69 Å². The molecule has 7 nitrogen and oxygen atoms in total. The molecule has 0 unspecified atom stereocenters. The van der Waals surface area contributed by atoms with Crippen molar-refractivity contribution in [2.75, 3.05) is 0 Å². The van der Waals surface area contributed by atoms with Crippen LogP contribution in [0.25, 0.3) is 0 Å². The first-order valence-corrected chi connectivity index (χ1v) is 8.65. The number of hydrogen-bond acceptors (Lipinski definition) is 5. The SMILES string of the molecule is Cn1c(COc2ccc(Br)c(F)c2Oc2cc(Cl)cc(C#N)c2)n[nH]c1=O. The van der Waals surface area contributed by atoms with Crippen molar-refractivity contribution in [3.63, 3.8) is 0 Å². The second-order valence-corrected chi connectivity index (χ2v) is 6.66. The van der Waals surface area contributed by atoms with E-state index in [0.29, 0.717) is 5.82 Å². The third-order valence-electron chi connectivity index (χ3n) is 3.56. The first kappa shape index (κ1) is 18.9. The Balaban J connectivity index is 1.93. The van der Waals surface area contributed by atoms with Gasteiger partial charge in [-0.05, 0) is 46.3 Å². The number of benzene rings is 2. The van der Waals surface area contributed by atoms with Gasteiger partial charge in [0, 0.05) is 12.1 Å². The van der Waals surface area contributed by atoms with Crippen molar-refractivity contribution in [3.05, 3.63) is 67.5 Å². The van der Waals surface area contributed by atoms with E-state index in [-0.39, 0.29) is 38.9 Å². The molecule has 0 saturated carbocycles. The van der Waals surface area contributed by atoms with Crippen LogP contribution in [0.15, 0.2) is 39.6 Å². The molecule has 0 radical (unpaired) electrons. The van der Waals surface area contributed by atoms with Crippen LogP contribution < -0.4 is 15.2 Å². The van der Waals surface area contributed by atoms with Gasteiger partial charge in [-0.2, -0.15) is 10.4 Å². The number of H-pyrrole nitrogens is 1. The molecule has 0 aliphatic carbocycles. The molecule has 0 fully saturated rings. The minimum atomic E-state index is -0.693. The summed E-state index contributed by atoms with van der Waals surface area (Å²) in [5, 5.41) is 15.4. The highest BCUT2D eigenvalue weighted by molar-refractivity contribution is 9.10. The topological polar surface area (TPSA) is 92.9 Å². The number of nitriles is 1. The maximum absolute atomic E-state index is 14.6. The largest absolute Gasteiger partial charge is 0.482 e. The highest BCUT2D eigenvalue weighted by Crippen LogP contribution is 2.39. The van der Waals surface area contributed by atoms with E-state index in [2.05, 4.69) is 26.1 Å². The van der Waals surface area contributed by atoms with Crippen LogP contribution in [0.2, 0.25) is 5.02 Å². The molecule has 0 saturated heterocycles. The van der Waals surface area contributed by atoms with Crippen LogP contribution in [-0.4, -0.2) is 14.8 Å². The minimum absolute atomic E-state index is 0.0876. The lowest BCUT2D eigenvalue weighted by Crippen LogP contribution is -2.15. The Labute approximate surface area is 166 Å². The van der Waals surface area contributed by atoms with Crippen molar-refractivity contribution in [3.8, 4) is 23.3 Å². The zero-order chi connectivity index (χ0) is 19.6. The van der Waals surface area contributed by atoms with Crippen LogP contribution in [0, 0.1) is 17.1 Å². The average Bonchev–Trinajstić information content (AvgIpc) is 2.96. The van der Waals surface area contributed by atoms with Gasteiger partial charge in [-0.25, -0.2) is 14.3 Å². The van der Waals surface area contributed by atoms with E-state index in [4.69, 9.17) is 26.3 Å². The molecule has 0 atom stereocenters. The normalized spacial score (nSPS) is 10.5. The summed E-state index contributed by atoms with van der Waals surface area (Å²) in [5.74, 6) is -0.306. The molecule has 0 aliphatic rings. The van der Waals surface area contributed by atoms with Crippen LogP contribution in [0.5, 0.6) is 17.2 Å². The van der Waals surface area contributed by atoms with Crippen LogP contribution in [0.1, 0.15) is 11.4 Å². The van der Waals surface area contributed by atoms with Gasteiger partial charge in [-0.15, -0.1) is 0 Å². The maximum Gasteiger partial charge on any atom is 0.343 e. The van der Waals surface area contributed by atoms with E-state index in [1.807, 2.05) is 6.07 Å². The molecule has 0 aliphatic heterocycles. The lowest BCUT2D eigenvalue weighted by atomic mass is 10.2. The van der Waals surface area contributed by atoms with Crippen molar-refractivity contribution in [1.29, 1.82) is 5.26 Å². The Bertz CT molecular complexity index is 1110. The summed E-state index contributed by atoms with van der Waals surface area (Å²) in [7, 11) is 1.53. The molecule has 0 spiro atoms. The van der Waals surface area contributed by atoms with Gasteiger partial charge in [0.2, 0.25) is 5.75 Å². The van der Waals surface area contributed by atoms with Gasteiger partial charge in [0.1, 0.15) is 12.4 Å². The monoisotopic (exact) mass is 452 g/mol. The van der Waals surface area contributed by atoms with Crippen molar-refractivity contribution < 1.29 is 13.9 Å². The average molecular weight is 454 g/mol. The molecule has 3 rings (SSSR count). The lowest BCUT2D eigenvalue weighted by Gasteiger charge is -2.14. The molecule has 0 bridgehead atoms. The zero-order valence-electron chi connectivity index (χ0n) is 13.8. The Morgan fingerprint density at radius 1 is 1.41 bits per heavy atom. The molecule has 3 aromatic rings. The third kappa shape index (κ3) is 4.13. The molecule has 27 heavy (non-hydrogen) atoms. The summed E-state index contributed by atoms with van der Waals surface area (Å²) in [5.41, 5.74) is -0.128. The summed E-state index contributed by atoms with van der Waals surface area (Å²) in [6, 6.07) is 9.24. The molecular weight excluding hydrogens is 443 g/mol. The molecule has 2 aromatic carbocycles. The number of nitrogens with zero attached hydrogens (tertiary/aromatic N) is 3. The second-order valence-electron chi connectivity index (χ2n) is 5.37. The summed E-state index contributed by atoms with van der Waals surface area (Å²) >= 11 is 9.05. The number of rotatable bonds is 5. The quantitative estimate of drug-likeness (QED) is 0.632. The fourth-order valence-corrected chi connectivity index (χ4v) is 2.72. The number of halogens is 3. The Morgan fingerprint density at radius 2 is 2.19 bits per heavy atom. The molecule has 138 valence electrons. The van der Waals surface area contributed by atoms with Crippen molar-refractivity contribution in [2.24, 2.45) is 7.05 Å². The fraction of sp³-hybridized carbons (Fsp3) is 0.118. The Morgan fingerprint density at radius 3 is 2.85 bits per heavy atom. The highest BCUT2D eigenvalue weighted by Gasteiger charge is 2.18. The van der Waals surface area contributed by atoms with Crippen molar-refractivity contribution in [1.82, 2.24) is 14.8 Å². The standard InChI is InChI=1S/C17H11BrClFN4O3/c1-24-14(22-23-17(24)25)8-26-13-3-2-12(18)15(20)16(13)27-11-5-9(7-21)4-10(19)6-11/h2-6H,8H2,1H3,(H,23,25). The minimum Gasteiger partial charge on any atom is -0.482 e. The van der Waals surface area contributed by atoms with E-state index < -0.39 is 11.5 Å². The number of aromatic amines is 1. The second kappa shape index (κ2) is 7.82. The zero-order valence-corrected chi connectivity index (χ0v) is 16.1. The number of aromatic nitrogens is 3. The summed E-state index contributed by atoms with van der Waals surface area (Å²) in [6.07, 6.45) is 0. The van der Waals surface area contributed by atoms with E-state index in [9.17, 15) is 9.18 Å².